The average molecular weight is 1260 g/mol. The fourth-order valence-corrected chi connectivity index (χ4v) is 8.91. The molecule has 0 unspecified atom stereocenters. The van der Waals surface area contributed by atoms with Crippen LogP contribution in [0.15, 0.2) is 0 Å². The Kier molecular flexibility index (Phi) is 40.2. The highest BCUT2D eigenvalue weighted by molar-refractivity contribution is 7.98. The van der Waals surface area contributed by atoms with Crippen LogP contribution >= 0.6 is 11.8 Å². The van der Waals surface area contributed by atoms with E-state index in [1.54, 1.807) is 47.8 Å². The third kappa shape index (κ3) is 32.6. The van der Waals surface area contributed by atoms with Crippen LogP contribution in [-0.4, -0.2) is 209 Å². The number of aliphatic hydroxyl groups is 2. The lowest BCUT2D eigenvalue weighted by molar-refractivity contribution is -0.139. The number of thioether (sulfide) groups is 1. The second-order valence-corrected chi connectivity index (χ2v) is 23.0. The number of hydrogen-bond acceptors (Lipinski definition) is 19. The largest absolute Gasteiger partial charge is 0.481 e. The molecule has 10 amide bonds. The van der Waals surface area contributed by atoms with Crippen LogP contribution in [0, 0.1) is 23.2 Å². The highest BCUT2D eigenvalue weighted by Gasteiger charge is 2.38. The number of carboxylic acid groups (broad SMARTS) is 2. The van der Waals surface area contributed by atoms with E-state index in [1.807, 2.05) is 0 Å². The number of hydrogen-bond donors (Lipinski definition) is 20. The van der Waals surface area contributed by atoms with E-state index in [0.717, 1.165) is 6.92 Å². The van der Waals surface area contributed by atoms with Crippen molar-refractivity contribution in [1.82, 2.24) is 58.5 Å². The number of carbonyl (C=O) groups is 12. The number of nitrogens with two attached hydrogens (primary N) is 4. The molecule has 24 N–H and O–H groups in total. The predicted molar refractivity (Wildman–Crippen MR) is 323 cm³/mol. The van der Waals surface area contributed by atoms with Crippen LogP contribution in [0.5, 0.6) is 0 Å². The lowest BCUT2D eigenvalue weighted by Gasteiger charge is -2.30. The van der Waals surface area contributed by atoms with E-state index in [-0.39, 0.29) is 51.0 Å². The number of aliphatic carboxylic acids is 2. The number of rotatable bonds is 46. The summed E-state index contributed by atoms with van der Waals surface area (Å²) < 4.78 is 0. The molecule has 0 aliphatic carbocycles. The van der Waals surface area contributed by atoms with E-state index in [2.05, 4.69) is 58.5 Å². The molecule has 0 aromatic carbocycles. The molecule has 0 saturated carbocycles. The van der Waals surface area contributed by atoms with Gasteiger partial charge in [-0.25, -0.2) is 0 Å². The lowest BCUT2D eigenvalue weighted by Crippen LogP contribution is -2.63. The molecule has 12 atom stereocenters. The van der Waals surface area contributed by atoms with Gasteiger partial charge in [0.25, 0.3) is 0 Å². The predicted octanol–water partition coefficient (Wildman–Crippen LogP) is -4.86. The molecule has 0 radical (unpaired) electrons. The summed E-state index contributed by atoms with van der Waals surface area (Å²) in [4.78, 5) is 161. The minimum absolute atomic E-state index is 0.00814. The summed E-state index contributed by atoms with van der Waals surface area (Å²) in [5.74, 6) is -13.4. The first kappa shape index (κ1) is 80.1. The van der Waals surface area contributed by atoms with Gasteiger partial charge in [0.1, 0.15) is 60.9 Å². The molecular formula is C54H100N16O16S. The molecular weight excluding hydrogens is 1160 g/mol. The van der Waals surface area contributed by atoms with Crippen molar-refractivity contribution in [2.24, 2.45) is 40.7 Å². The fraction of sp³-hybridized carbons (Fsp3) is 0.759. The smallest absolute Gasteiger partial charge is 0.322 e. The van der Waals surface area contributed by atoms with E-state index in [1.165, 1.54) is 11.8 Å². The van der Waals surface area contributed by atoms with E-state index in [4.69, 9.17) is 33.5 Å². The number of aliphatic hydroxyl groups excluding tert-OH is 2. The number of unbranched alkanes of at least 4 members (excludes halogenated alkanes) is 2. The first-order chi connectivity index (χ1) is 40.9. The first-order valence-electron chi connectivity index (χ1n) is 29.4. The van der Waals surface area contributed by atoms with Gasteiger partial charge in [-0.2, -0.15) is 11.8 Å². The van der Waals surface area contributed by atoms with Crippen LogP contribution < -0.4 is 81.4 Å². The van der Waals surface area contributed by atoms with Gasteiger partial charge in [0, 0.05) is 13.0 Å². The van der Waals surface area contributed by atoms with Crippen molar-refractivity contribution in [2.75, 3.05) is 44.8 Å². The van der Waals surface area contributed by atoms with Crippen LogP contribution in [-0.2, 0) is 57.5 Å². The minimum Gasteiger partial charge on any atom is -0.481 e. The molecule has 0 fully saturated rings. The van der Waals surface area contributed by atoms with Crippen molar-refractivity contribution < 1.29 is 78.0 Å². The Morgan fingerprint density at radius 1 is 0.506 bits per heavy atom. The zero-order valence-electron chi connectivity index (χ0n) is 51.4. The number of carboxylic acids is 2. The van der Waals surface area contributed by atoms with Gasteiger partial charge >= 0.3 is 11.9 Å². The molecule has 33 heteroatoms. The summed E-state index contributed by atoms with van der Waals surface area (Å²) in [6.07, 6.45) is 1.61. The van der Waals surface area contributed by atoms with Gasteiger partial charge in [-0.1, -0.05) is 54.4 Å². The van der Waals surface area contributed by atoms with Gasteiger partial charge in [0.05, 0.1) is 18.8 Å². The van der Waals surface area contributed by atoms with Crippen molar-refractivity contribution in [3.63, 3.8) is 0 Å². The monoisotopic (exact) mass is 1260 g/mol. The van der Waals surface area contributed by atoms with Crippen molar-refractivity contribution in [3.05, 3.63) is 0 Å². The molecule has 0 aliphatic heterocycles. The van der Waals surface area contributed by atoms with Gasteiger partial charge in [-0.15, -0.1) is 0 Å². The second kappa shape index (κ2) is 43.6. The van der Waals surface area contributed by atoms with E-state index in [9.17, 15) is 72.9 Å². The summed E-state index contributed by atoms with van der Waals surface area (Å²) in [6, 6.07) is -14.4. The Balaban J connectivity index is 6.71. The van der Waals surface area contributed by atoms with Crippen LogP contribution in [0.4, 0.5) is 0 Å². The molecule has 498 valence electrons. The summed E-state index contributed by atoms with van der Waals surface area (Å²) >= 11 is 1.34. The Labute approximate surface area is 512 Å². The van der Waals surface area contributed by atoms with E-state index < -0.39 is 181 Å². The van der Waals surface area contributed by atoms with Gasteiger partial charge in [0.2, 0.25) is 59.1 Å². The molecule has 0 aromatic heterocycles. The second-order valence-electron chi connectivity index (χ2n) is 22.0. The number of carbonyl (C=O) groups excluding carboxylic acids is 10. The molecule has 0 saturated heterocycles. The topological polar surface area (TPSA) is 546 Å². The van der Waals surface area contributed by atoms with Crippen LogP contribution in [0.25, 0.3) is 0 Å². The Bertz CT molecular complexity index is 2250. The molecule has 32 nitrogen and oxygen atoms in total. The Morgan fingerprint density at radius 2 is 0.943 bits per heavy atom. The summed E-state index contributed by atoms with van der Waals surface area (Å²) in [7, 11) is 0. The number of amides is 10. The third-order valence-corrected chi connectivity index (χ3v) is 14.3. The lowest BCUT2D eigenvalue weighted by atomic mass is 9.96. The van der Waals surface area contributed by atoms with Gasteiger partial charge in [-0.3, -0.25) is 62.9 Å². The van der Waals surface area contributed by atoms with E-state index in [0.29, 0.717) is 50.9 Å². The molecule has 0 bridgehead atoms. The third-order valence-electron chi connectivity index (χ3n) is 13.7. The zero-order chi connectivity index (χ0) is 66.5. The molecule has 87 heavy (non-hydrogen) atoms. The maximum absolute atomic E-state index is 14.1. The van der Waals surface area contributed by atoms with Crippen molar-refractivity contribution >= 4 is 88.7 Å². The fourth-order valence-electron chi connectivity index (χ4n) is 8.43. The quantitative estimate of drug-likeness (QED) is 0.0154. The van der Waals surface area contributed by atoms with Gasteiger partial charge < -0.3 is 102 Å². The molecule has 0 heterocycles. The van der Waals surface area contributed by atoms with Crippen molar-refractivity contribution in [2.45, 2.75) is 198 Å². The molecule has 0 rings (SSSR count). The van der Waals surface area contributed by atoms with Crippen LogP contribution in [0.3, 0.4) is 0 Å². The van der Waals surface area contributed by atoms with Gasteiger partial charge in [0.15, 0.2) is 5.96 Å². The minimum atomic E-state index is -1.89. The maximum atomic E-state index is 14.1. The normalized spacial score (nSPS) is 15.3. The molecule has 0 spiro atoms. The number of nitrogens with one attached hydrogen (secondary N) is 12. The highest BCUT2D eigenvalue weighted by Crippen LogP contribution is 2.14. The summed E-state index contributed by atoms with van der Waals surface area (Å²) in [5, 5.41) is 74.7. The molecule has 0 aromatic rings. The zero-order valence-corrected chi connectivity index (χ0v) is 52.2. The number of guanidine groups is 1. The highest BCUT2D eigenvalue weighted by atomic mass is 32.2. The van der Waals surface area contributed by atoms with Gasteiger partial charge in [-0.05, 0) is 114 Å². The Hall–Kier alpha value is -6.94. The Morgan fingerprint density at radius 3 is 1.44 bits per heavy atom. The van der Waals surface area contributed by atoms with Crippen molar-refractivity contribution in [3.8, 4) is 0 Å². The SMILES string of the molecule is CC[C@H](C)[C@H](NC(=O)[C@H](CCSC)NC(=O)[C@@H](NC(=O)[C@@H](NC(=O)[C@H](CO)NC(=O)[C@H](CCCNC(=N)N)NC(=O)[C@H](CCC(=O)O)NC(=O)[C@H](CC(C)C)NC(=O)[C@@H](N)CCCCN)[C@@H](C)O)C(C)C)C(=O)N[C@@H](CCCCN)C(=O)NCC(=O)O. The first-order valence-corrected chi connectivity index (χ1v) is 30.7. The summed E-state index contributed by atoms with van der Waals surface area (Å²) in [5.41, 5.74) is 22.6. The standard InChI is InChI=1S/C54H100N16O16S/c1-9-30(6)42(52(85)64-33(16-11-13-22-56)45(78)61-26-40(75)76)69-48(81)36(20-24-87-8)65-51(84)41(29(4)5)68-53(86)43(31(7)72)70-50(83)38(27-71)67-46(79)34(17-14-23-60-54(58)59)62-47(80)35(18-19-39(73)74)63-49(82)37(25-28(2)3)66-44(77)32(57)15-10-12-21-55/h28-38,41-43,71-72H,9-27,55-57H2,1-8H3,(H,61,78)(H,62,80)(H,63,82)(H,64,85)(H,65,84)(H,66,77)(H,67,79)(H,68,86)(H,69,81)(H,70,83)(H,73,74)(H,75,76)(H4,58,59,60)/t30-,31+,32-,33-,34-,35-,36-,37-,38-,41-,42-,43-/m0/s1. The molecule has 0 aliphatic rings. The van der Waals surface area contributed by atoms with Crippen LogP contribution in [0.2, 0.25) is 0 Å². The van der Waals surface area contributed by atoms with E-state index >= 15 is 0 Å². The summed E-state index contributed by atoms with van der Waals surface area (Å²) in [6.45, 7) is 10.0. The average Bonchev–Trinajstić information content (AvgIpc) is 3.66. The maximum Gasteiger partial charge on any atom is 0.322 e. The van der Waals surface area contributed by atoms with Crippen LogP contribution in [0.1, 0.15) is 132 Å². The van der Waals surface area contributed by atoms with Crippen molar-refractivity contribution in [1.29, 1.82) is 5.41 Å².